The number of fused-ring (bicyclic) bond motifs is 1. The van der Waals surface area contributed by atoms with E-state index in [4.69, 9.17) is 4.74 Å². The number of amides is 1. The molecule has 0 saturated carbocycles. The molecule has 4 heteroatoms. The molecule has 3 rings (SSSR count). The van der Waals surface area contributed by atoms with E-state index >= 15 is 0 Å². The molecule has 0 radical (unpaired) electrons. The molecular formula is C20H21NO3. The number of nitrogens with zero attached hydrogens (tertiary/aromatic N) is 1. The maximum atomic E-state index is 12.9. The quantitative estimate of drug-likeness (QED) is 0.867. The molecule has 1 N–H and O–H groups in total. The summed E-state index contributed by atoms with van der Waals surface area (Å²) in [5, 5.41) is 9.95. The molecule has 0 fully saturated rings. The van der Waals surface area contributed by atoms with Crippen LogP contribution in [0.5, 0.6) is 11.5 Å². The Hall–Kier alpha value is -2.75. The van der Waals surface area contributed by atoms with Crippen molar-refractivity contribution in [3.8, 4) is 11.5 Å². The number of phenols is 1. The van der Waals surface area contributed by atoms with Gasteiger partial charge >= 0.3 is 0 Å². The van der Waals surface area contributed by atoms with Crippen LogP contribution in [0, 0.1) is 5.92 Å². The SMILES string of the molecule is COc1ccc(/C=C2\C(=O)N(CC(C)C)c3ccccc32)cc1O. The van der Waals surface area contributed by atoms with E-state index in [-0.39, 0.29) is 11.7 Å². The fourth-order valence-electron chi connectivity index (χ4n) is 2.96. The van der Waals surface area contributed by atoms with Gasteiger partial charge in [0.15, 0.2) is 11.5 Å². The number of phenolic OH excluding ortho intramolecular Hbond substituents is 1. The number of aromatic hydroxyl groups is 1. The summed E-state index contributed by atoms with van der Waals surface area (Å²) in [6.45, 7) is 4.87. The van der Waals surface area contributed by atoms with Gasteiger partial charge in [-0.05, 0) is 35.8 Å². The first-order chi connectivity index (χ1) is 11.5. The Morgan fingerprint density at radius 3 is 2.62 bits per heavy atom. The van der Waals surface area contributed by atoms with E-state index in [0.29, 0.717) is 23.8 Å². The number of hydrogen-bond acceptors (Lipinski definition) is 3. The van der Waals surface area contributed by atoms with Crippen LogP contribution in [-0.2, 0) is 4.79 Å². The maximum Gasteiger partial charge on any atom is 0.259 e. The Morgan fingerprint density at radius 2 is 1.96 bits per heavy atom. The Kier molecular flexibility index (Phi) is 4.30. The largest absolute Gasteiger partial charge is 0.504 e. The average Bonchev–Trinajstić information content (AvgIpc) is 2.81. The predicted molar refractivity (Wildman–Crippen MR) is 96.2 cm³/mol. The van der Waals surface area contributed by atoms with E-state index in [2.05, 4.69) is 13.8 Å². The normalized spacial score (nSPS) is 15.2. The summed E-state index contributed by atoms with van der Waals surface area (Å²) in [5.74, 6) is 0.855. The number of ether oxygens (including phenoxy) is 1. The van der Waals surface area contributed by atoms with Gasteiger partial charge in [-0.2, -0.15) is 0 Å². The van der Waals surface area contributed by atoms with Crippen molar-refractivity contribution in [1.29, 1.82) is 0 Å². The third kappa shape index (κ3) is 2.87. The minimum absolute atomic E-state index is 0.000192. The van der Waals surface area contributed by atoms with Crippen LogP contribution in [-0.4, -0.2) is 24.7 Å². The number of hydrogen-bond donors (Lipinski definition) is 1. The summed E-state index contributed by atoms with van der Waals surface area (Å²) in [4.78, 5) is 14.7. The molecule has 1 aliphatic heterocycles. The summed E-state index contributed by atoms with van der Waals surface area (Å²) < 4.78 is 5.06. The van der Waals surface area contributed by atoms with Crippen molar-refractivity contribution < 1.29 is 14.6 Å². The summed E-state index contributed by atoms with van der Waals surface area (Å²) in [5.41, 5.74) is 3.28. The van der Waals surface area contributed by atoms with Crippen LogP contribution in [0.1, 0.15) is 25.0 Å². The van der Waals surface area contributed by atoms with E-state index in [1.54, 1.807) is 12.1 Å². The molecule has 0 saturated heterocycles. The number of carbonyl (C=O) groups is 1. The van der Waals surface area contributed by atoms with Gasteiger partial charge in [0.1, 0.15) is 0 Å². The summed E-state index contributed by atoms with van der Waals surface area (Å²) in [6.07, 6.45) is 1.82. The molecule has 0 aliphatic carbocycles. The fraction of sp³-hybridized carbons (Fsp3) is 0.250. The highest BCUT2D eigenvalue weighted by atomic mass is 16.5. The maximum absolute atomic E-state index is 12.9. The highest BCUT2D eigenvalue weighted by Crippen LogP contribution is 2.38. The highest BCUT2D eigenvalue weighted by Gasteiger charge is 2.32. The molecule has 0 aromatic heterocycles. The second-order valence-corrected chi connectivity index (χ2v) is 6.32. The van der Waals surface area contributed by atoms with Gasteiger partial charge in [-0.25, -0.2) is 0 Å². The zero-order valence-corrected chi connectivity index (χ0v) is 14.1. The molecule has 1 amide bonds. The van der Waals surface area contributed by atoms with Crippen molar-refractivity contribution in [3.63, 3.8) is 0 Å². The van der Waals surface area contributed by atoms with E-state index in [9.17, 15) is 9.90 Å². The highest BCUT2D eigenvalue weighted by molar-refractivity contribution is 6.35. The molecule has 0 unspecified atom stereocenters. The molecule has 0 bridgehead atoms. The third-order valence-electron chi connectivity index (χ3n) is 4.02. The summed E-state index contributed by atoms with van der Waals surface area (Å²) >= 11 is 0. The van der Waals surface area contributed by atoms with Crippen molar-refractivity contribution in [2.24, 2.45) is 5.92 Å². The van der Waals surface area contributed by atoms with Crippen molar-refractivity contribution in [2.45, 2.75) is 13.8 Å². The van der Waals surface area contributed by atoms with Crippen LogP contribution in [0.15, 0.2) is 42.5 Å². The second-order valence-electron chi connectivity index (χ2n) is 6.32. The fourth-order valence-corrected chi connectivity index (χ4v) is 2.96. The third-order valence-corrected chi connectivity index (χ3v) is 4.02. The van der Waals surface area contributed by atoms with Gasteiger partial charge in [-0.15, -0.1) is 0 Å². The van der Waals surface area contributed by atoms with Crippen molar-refractivity contribution in [2.75, 3.05) is 18.6 Å². The number of anilines is 1. The molecule has 124 valence electrons. The van der Waals surface area contributed by atoms with Gasteiger partial charge in [-0.3, -0.25) is 4.79 Å². The zero-order valence-electron chi connectivity index (χ0n) is 14.1. The van der Waals surface area contributed by atoms with Gasteiger partial charge in [-0.1, -0.05) is 38.1 Å². The molecule has 24 heavy (non-hydrogen) atoms. The minimum Gasteiger partial charge on any atom is -0.504 e. The van der Waals surface area contributed by atoms with Gasteiger partial charge in [0.25, 0.3) is 5.91 Å². The molecule has 4 nitrogen and oxygen atoms in total. The molecule has 0 spiro atoms. The van der Waals surface area contributed by atoms with Crippen LogP contribution >= 0.6 is 0 Å². The lowest BCUT2D eigenvalue weighted by molar-refractivity contribution is -0.113. The van der Waals surface area contributed by atoms with E-state index < -0.39 is 0 Å². The summed E-state index contributed by atoms with van der Waals surface area (Å²) in [7, 11) is 1.51. The van der Waals surface area contributed by atoms with Gasteiger partial charge in [0, 0.05) is 17.7 Å². The van der Waals surface area contributed by atoms with E-state index in [0.717, 1.165) is 16.8 Å². The Bertz CT molecular complexity index is 808. The second kappa shape index (κ2) is 6.40. The topological polar surface area (TPSA) is 49.8 Å². The molecule has 0 atom stereocenters. The monoisotopic (exact) mass is 323 g/mol. The lowest BCUT2D eigenvalue weighted by atomic mass is 10.0. The van der Waals surface area contributed by atoms with Crippen molar-refractivity contribution in [3.05, 3.63) is 53.6 Å². The van der Waals surface area contributed by atoms with Crippen LogP contribution in [0.4, 0.5) is 5.69 Å². The lowest BCUT2D eigenvalue weighted by Gasteiger charge is -2.19. The first-order valence-electron chi connectivity index (χ1n) is 8.01. The summed E-state index contributed by atoms with van der Waals surface area (Å²) in [6, 6.07) is 12.9. The number of methoxy groups -OCH3 is 1. The number of para-hydroxylation sites is 1. The molecule has 2 aromatic rings. The average molecular weight is 323 g/mol. The van der Waals surface area contributed by atoms with Gasteiger partial charge in [0.2, 0.25) is 0 Å². The van der Waals surface area contributed by atoms with E-state index in [1.165, 1.54) is 7.11 Å². The van der Waals surface area contributed by atoms with Gasteiger partial charge < -0.3 is 14.7 Å². The van der Waals surface area contributed by atoms with Crippen molar-refractivity contribution in [1.82, 2.24) is 0 Å². The predicted octanol–water partition coefficient (Wildman–Crippen LogP) is 3.94. The van der Waals surface area contributed by atoms with Crippen LogP contribution < -0.4 is 9.64 Å². The smallest absolute Gasteiger partial charge is 0.259 e. The Balaban J connectivity index is 2.04. The Labute approximate surface area is 142 Å². The minimum atomic E-state index is 0.000192. The molecule has 2 aromatic carbocycles. The number of rotatable bonds is 4. The number of carbonyl (C=O) groups excluding carboxylic acids is 1. The standard InChI is InChI=1S/C20H21NO3/c1-13(2)12-21-17-7-5-4-6-15(17)16(20(21)23)10-14-8-9-19(24-3)18(22)11-14/h4-11,13,22H,12H2,1-3H3/b16-10-. The first kappa shape index (κ1) is 16.1. The van der Waals surface area contributed by atoms with Crippen molar-refractivity contribution >= 4 is 23.2 Å². The Morgan fingerprint density at radius 1 is 1.21 bits per heavy atom. The van der Waals surface area contributed by atoms with Crippen LogP contribution in [0.3, 0.4) is 0 Å². The zero-order chi connectivity index (χ0) is 17.3. The van der Waals surface area contributed by atoms with Gasteiger partial charge in [0.05, 0.1) is 12.8 Å². The molecule has 1 heterocycles. The number of benzene rings is 2. The lowest BCUT2D eigenvalue weighted by Crippen LogP contribution is -2.30. The molecule has 1 aliphatic rings. The molecular weight excluding hydrogens is 302 g/mol. The van der Waals surface area contributed by atoms with E-state index in [1.807, 2.05) is 41.3 Å². The van der Waals surface area contributed by atoms with Crippen LogP contribution in [0.2, 0.25) is 0 Å². The first-order valence-corrected chi connectivity index (χ1v) is 8.01. The van der Waals surface area contributed by atoms with Crippen LogP contribution in [0.25, 0.3) is 11.6 Å².